The summed E-state index contributed by atoms with van der Waals surface area (Å²) in [4.78, 5) is 3.35. The molecule has 1 heterocycles. The summed E-state index contributed by atoms with van der Waals surface area (Å²) in [5.41, 5.74) is 0.593. The Morgan fingerprint density at radius 1 is 1.73 bits per heavy atom. The minimum atomic E-state index is -0.675. The highest BCUT2D eigenvalue weighted by atomic mass is 19.1. The van der Waals surface area contributed by atoms with E-state index in [1.54, 1.807) is 0 Å². The molecule has 0 saturated carbocycles. The first kappa shape index (κ1) is 7.70. The quantitative estimate of drug-likeness (QED) is 0.473. The van der Waals surface area contributed by atoms with Crippen molar-refractivity contribution >= 4 is 0 Å². The fourth-order valence-corrected chi connectivity index (χ4v) is 0.683. The van der Waals surface area contributed by atoms with Gasteiger partial charge in [0.2, 0.25) is 5.95 Å². The minimum absolute atomic E-state index is 0.125. The maximum absolute atomic E-state index is 12.6. The van der Waals surface area contributed by atoms with E-state index in [2.05, 4.69) is 10.9 Å². The highest BCUT2D eigenvalue weighted by Gasteiger charge is 2.01. The number of rotatable bonds is 1. The third kappa shape index (κ3) is 1.54. The highest BCUT2D eigenvalue weighted by Crippen LogP contribution is 2.05. The molecule has 1 rings (SSSR count). The number of pyridine rings is 1. The Kier molecular flexibility index (Phi) is 2.19. The van der Waals surface area contributed by atoms with Crippen molar-refractivity contribution in [1.29, 1.82) is 0 Å². The molecule has 0 bridgehead atoms. The second kappa shape index (κ2) is 3.13. The number of aromatic nitrogens is 1. The van der Waals surface area contributed by atoms with Crippen LogP contribution in [0.3, 0.4) is 0 Å². The van der Waals surface area contributed by atoms with E-state index in [4.69, 9.17) is 11.5 Å². The summed E-state index contributed by atoms with van der Waals surface area (Å²) in [7, 11) is 0. The van der Waals surface area contributed by atoms with Gasteiger partial charge in [0.25, 0.3) is 0 Å². The number of aliphatic hydroxyl groups is 1. The number of aliphatic hydroxyl groups excluding tert-OH is 1. The standard InChI is InChI=1S/C8H6FNO/c1-2-6-3-7(5-11)8(9)10-4-6/h1,3-4,11H,5H2. The van der Waals surface area contributed by atoms with Gasteiger partial charge in [-0.1, -0.05) is 5.92 Å². The molecule has 0 amide bonds. The monoisotopic (exact) mass is 151 g/mol. The van der Waals surface area contributed by atoms with Crippen molar-refractivity contribution in [1.82, 2.24) is 4.98 Å². The third-order valence-electron chi connectivity index (χ3n) is 1.25. The van der Waals surface area contributed by atoms with Crippen LogP contribution in [0, 0.1) is 18.3 Å². The largest absolute Gasteiger partial charge is 0.392 e. The van der Waals surface area contributed by atoms with Gasteiger partial charge in [-0.15, -0.1) is 6.42 Å². The zero-order chi connectivity index (χ0) is 8.27. The first-order valence-electron chi connectivity index (χ1n) is 3.00. The summed E-state index contributed by atoms with van der Waals surface area (Å²) in [5.74, 6) is 1.61. The SMILES string of the molecule is C#Cc1cnc(F)c(CO)c1. The van der Waals surface area contributed by atoms with Gasteiger partial charge in [-0.3, -0.25) is 0 Å². The Morgan fingerprint density at radius 3 is 3.00 bits per heavy atom. The number of hydrogen-bond donors (Lipinski definition) is 1. The zero-order valence-corrected chi connectivity index (χ0v) is 5.71. The topological polar surface area (TPSA) is 33.1 Å². The Hall–Kier alpha value is -1.40. The molecule has 0 aliphatic heterocycles. The highest BCUT2D eigenvalue weighted by molar-refractivity contribution is 5.32. The molecule has 0 spiro atoms. The fourth-order valence-electron chi connectivity index (χ4n) is 0.683. The van der Waals surface area contributed by atoms with Crippen molar-refractivity contribution in [3.8, 4) is 12.3 Å². The second-order valence-electron chi connectivity index (χ2n) is 1.98. The van der Waals surface area contributed by atoms with E-state index in [9.17, 15) is 4.39 Å². The van der Waals surface area contributed by atoms with Crippen LogP contribution in [0.4, 0.5) is 4.39 Å². The predicted octanol–water partition coefficient (Wildman–Crippen LogP) is 0.694. The molecule has 0 radical (unpaired) electrons. The molecular formula is C8H6FNO. The first-order valence-corrected chi connectivity index (χ1v) is 3.00. The van der Waals surface area contributed by atoms with Gasteiger partial charge in [-0.25, -0.2) is 4.98 Å². The lowest BCUT2D eigenvalue weighted by atomic mass is 10.2. The average Bonchev–Trinajstić information content (AvgIpc) is 2.05. The molecule has 11 heavy (non-hydrogen) atoms. The summed E-state index contributed by atoms with van der Waals surface area (Å²) in [6, 6.07) is 1.39. The van der Waals surface area contributed by atoms with Crippen molar-refractivity contribution < 1.29 is 9.50 Å². The predicted molar refractivity (Wildman–Crippen MR) is 38.1 cm³/mol. The molecule has 1 N–H and O–H groups in total. The summed E-state index contributed by atoms with van der Waals surface area (Å²) in [5, 5.41) is 8.59. The van der Waals surface area contributed by atoms with Crippen LogP contribution >= 0.6 is 0 Å². The molecular weight excluding hydrogens is 145 g/mol. The third-order valence-corrected chi connectivity index (χ3v) is 1.25. The number of hydrogen-bond acceptors (Lipinski definition) is 2. The molecule has 0 atom stereocenters. The van der Waals surface area contributed by atoms with Crippen LogP contribution in [0.15, 0.2) is 12.3 Å². The van der Waals surface area contributed by atoms with E-state index in [0.717, 1.165) is 0 Å². The molecule has 1 aromatic rings. The van der Waals surface area contributed by atoms with E-state index in [1.807, 2.05) is 0 Å². The Bertz CT molecular complexity index is 303. The lowest BCUT2D eigenvalue weighted by Crippen LogP contribution is -1.94. The number of terminal acetylenes is 1. The van der Waals surface area contributed by atoms with Crippen molar-refractivity contribution in [3.63, 3.8) is 0 Å². The minimum Gasteiger partial charge on any atom is -0.392 e. The van der Waals surface area contributed by atoms with E-state index in [-0.39, 0.29) is 12.2 Å². The Labute approximate surface area is 63.7 Å². The van der Waals surface area contributed by atoms with Crippen LogP contribution in [0.2, 0.25) is 0 Å². The van der Waals surface area contributed by atoms with Crippen molar-refractivity contribution in [2.75, 3.05) is 0 Å². The van der Waals surface area contributed by atoms with E-state index in [1.165, 1.54) is 12.3 Å². The number of nitrogens with zero attached hydrogens (tertiary/aromatic N) is 1. The molecule has 3 heteroatoms. The van der Waals surface area contributed by atoms with E-state index in [0.29, 0.717) is 5.56 Å². The Balaban J connectivity index is 3.15. The molecule has 56 valence electrons. The first-order chi connectivity index (χ1) is 5.27. The van der Waals surface area contributed by atoms with Gasteiger partial charge in [-0.2, -0.15) is 4.39 Å². The number of halogens is 1. The van der Waals surface area contributed by atoms with Crippen LogP contribution in [-0.2, 0) is 6.61 Å². The molecule has 0 aliphatic rings. The van der Waals surface area contributed by atoms with E-state index >= 15 is 0 Å². The van der Waals surface area contributed by atoms with Crippen LogP contribution in [0.1, 0.15) is 11.1 Å². The lowest BCUT2D eigenvalue weighted by Gasteiger charge is -1.96. The van der Waals surface area contributed by atoms with Gasteiger partial charge >= 0.3 is 0 Å². The van der Waals surface area contributed by atoms with Crippen LogP contribution in [0.5, 0.6) is 0 Å². The van der Waals surface area contributed by atoms with Gasteiger partial charge in [0.1, 0.15) is 0 Å². The maximum Gasteiger partial charge on any atom is 0.218 e. The maximum atomic E-state index is 12.6. The van der Waals surface area contributed by atoms with Crippen molar-refractivity contribution in [3.05, 3.63) is 29.3 Å². The molecule has 0 fully saturated rings. The molecule has 2 nitrogen and oxygen atoms in total. The average molecular weight is 151 g/mol. The lowest BCUT2D eigenvalue weighted by molar-refractivity contribution is 0.274. The van der Waals surface area contributed by atoms with Crippen molar-refractivity contribution in [2.45, 2.75) is 6.61 Å². The van der Waals surface area contributed by atoms with Crippen molar-refractivity contribution in [2.24, 2.45) is 0 Å². The molecule has 0 saturated heterocycles. The van der Waals surface area contributed by atoms with Crippen LogP contribution in [0.25, 0.3) is 0 Å². The zero-order valence-electron chi connectivity index (χ0n) is 5.71. The molecule has 0 unspecified atom stereocenters. The fraction of sp³-hybridized carbons (Fsp3) is 0.125. The van der Waals surface area contributed by atoms with Gasteiger partial charge < -0.3 is 5.11 Å². The van der Waals surface area contributed by atoms with Crippen LogP contribution in [-0.4, -0.2) is 10.1 Å². The second-order valence-corrected chi connectivity index (χ2v) is 1.98. The summed E-state index contributed by atoms with van der Waals surface area (Å²) >= 11 is 0. The summed E-state index contributed by atoms with van der Waals surface area (Å²) in [6.45, 7) is -0.381. The van der Waals surface area contributed by atoms with Gasteiger partial charge in [0, 0.05) is 17.3 Å². The molecule has 0 aliphatic carbocycles. The van der Waals surface area contributed by atoms with Crippen LogP contribution < -0.4 is 0 Å². The summed E-state index contributed by atoms with van der Waals surface area (Å²) in [6.07, 6.45) is 6.27. The molecule has 1 aromatic heterocycles. The summed E-state index contributed by atoms with van der Waals surface area (Å²) < 4.78 is 12.6. The van der Waals surface area contributed by atoms with Gasteiger partial charge in [0.15, 0.2) is 0 Å². The Morgan fingerprint density at radius 2 is 2.45 bits per heavy atom. The molecule has 0 aromatic carbocycles. The van der Waals surface area contributed by atoms with Gasteiger partial charge in [0.05, 0.1) is 6.61 Å². The smallest absolute Gasteiger partial charge is 0.218 e. The van der Waals surface area contributed by atoms with E-state index < -0.39 is 5.95 Å². The normalized spacial score (nSPS) is 9.18. The van der Waals surface area contributed by atoms with Gasteiger partial charge in [-0.05, 0) is 6.07 Å².